The number of nitrogens with zero attached hydrogens (tertiary/aromatic N) is 1. The minimum Gasteiger partial charge on any atom is -0.423 e. The molecule has 0 fully saturated rings. The van der Waals surface area contributed by atoms with Crippen LogP contribution >= 0.6 is 22.6 Å². The fraction of sp³-hybridized carbons (Fsp3) is 0.100. The highest BCUT2D eigenvalue weighted by molar-refractivity contribution is 14.1. The zero-order valence-corrected chi connectivity index (χ0v) is 15.8. The molecule has 0 radical (unpaired) electrons. The molecule has 2 aromatic carbocycles. The molecule has 0 bridgehead atoms. The molecule has 126 valence electrons. The van der Waals surface area contributed by atoms with E-state index in [4.69, 9.17) is 4.42 Å². The van der Waals surface area contributed by atoms with E-state index >= 15 is 0 Å². The highest BCUT2D eigenvalue weighted by atomic mass is 127. The highest BCUT2D eigenvalue weighted by Crippen LogP contribution is 2.30. The molecule has 1 heterocycles. The van der Waals surface area contributed by atoms with Gasteiger partial charge in [0.2, 0.25) is 0 Å². The molecule has 3 rings (SSSR count). The van der Waals surface area contributed by atoms with E-state index in [-0.39, 0.29) is 5.91 Å². The number of hydrogen-bond donors (Lipinski definition) is 0. The summed E-state index contributed by atoms with van der Waals surface area (Å²) < 4.78 is 6.15. The second kappa shape index (κ2) is 7.23. The first kappa shape index (κ1) is 17.4. The van der Waals surface area contributed by atoms with Gasteiger partial charge in [-0.15, -0.1) is 6.58 Å². The van der Waals surface area contributed by atoms with Gasteiger partial charge in [0.05, 0.1) is 5.56 Å². The van der Waals surface area contributed by atoms with Gasteiger partial charge in [0, 0.05) is 27.8 Å². The Morgan fingerprint density at radius 1 is 1.20 bits per heavy atom. The summed E-state index contributed by atoms with van der Waals surface area (Å²) >= 11 is 2.16. The quantitative estimate of drug-likeness (QED) is 0.340. The summed E-state index contributed by atoms with van der Waals surface area (Å²) in [5.74, 6) is -0.0907. The number of benzene rings is 2. The number of allylic oxidation sites excluding steroid dienone is 1. The summed E-state index contributed by atoms with van der Waals surface area (Å²) in [5.41, 5.74) is 2.43. The summed E-state index contributed by atoms with van der Waals surface area (Å²) in [6.45, 7) is 3.80. The summed E-state index contributed by atoms with van der Waals surface area (Å²) in [4.78, 5) is 26.0. The van der Waals surface area contributed by atoms with Gasteiger partial charge in [-0.05, 0) is 64.9 Å². The van der Waals surface area contributed by atoms with Gasteiger partial charge in [0.25, 0.3) is 5.91 Å². The standard InChI is InChI=1S/C20H16INO3/c1-3-6-13-14-9-12-19(23)25-18(14)11-10-17(13)22(2)20(24)15-7-4-5-8-16(15)21/h3-5,7-12H,1,6H2,2H3. The molecule has 3 aromatic rings. The molecular weight excluding hydrogens is 429 g/mol. The molecule has 0 saturated carbocycles. The van der Waals surface area contributed by atoms with Crippen LogP contribution in [0.15, 0.2) is 70.4 Å². The SMILES string of the molecule is C=CCc1c(N(C)C(=O)c2ccccc2I)ccc2oc(=O)ccc12. The predicted octanol–water partition coefficient (Wildman–Crippen LogP) is 4.40. The smallest absolute Gasteiger partial charge is 0.336 e. The summed E-state index contributed by atoms with van der Waals surface area (Å²) in [7, 11) is 1.75. The van der Waals surface area contributed by atoms with Crippen LogP contribution in [0.4, 0.5) is 5.69 Å². The Hall–Kier alpha value is -2.41. The Bertz CT molecular complexity index is 1020. The summed E-state index contributed by atoms with van der Waals surface area (Å²) in [5, 5.41) is 0.805. The van der Waals surface area contributed by atoms with E-state index in [1.165, 1.54) is 6.07 Å². The van der Waals surface area contributed by atoms with Crippen LogP contribution in [0.25, 0.3) is 11.0 Å². The third kappa shape index (κ3) is 3.37. The van der Waals surface area contributed by atoms with Gasteiger partial charge < -0.3 is 9.32 Å². The lowest BCUT2D eigenvalue weighted by Gasteiger charge is -2.22. The number of carbonyl (C=O) groups excluding carboxylic acids is 1. The zero-order valence-electron chi connectivity index (χ0n) is 13.7. The first-order valence-corrected chi connectivity index (χ1v) is 8.80. The van der Waals surface area contributed by atoms with Crippen LogP contribution in [0.3, 0.4) is 0 Å². The lowest BCUT2D eigenvalue weighted by molar-refractivity contribution is 0.0992. The van der Waals surface area contributed by atoms with Gasteiger partial charge in [0.15, 0.2) is 0 Å². The Kier molecular flexibility index (Phi) is 5.03. The average molecular weight is 445 g/mol. The largest absolute Gasteiger partial charge is 0.423 e. The monoisotopic (exact) mass is 445 g/mol. The number of halogens is 1. The molecule has 25 heavy (non-hydrogen) atoms. The molecule has 0 spiro atoms. The normalized spacial score (nSPS) is 10.6. The number of rotatable bonds is 4. The first-order chi connectivity index (χ1) is 12.0. The van der Waals surface area contributed by atoms with Crippen LogP contribution in [-0.2, 0) is 6.42 Å². The molecule has 0 aliphatic carbocycles. The summed E-state index contributed by atoms with van der Waals surface area (Å²) in [6.07, 6.45) is 2.33. The highest BCUT2D eigenvalue weighted by Gasteiger charge is 2.19. The molecule has 0 unspecified atom stereocenters. The lowest BCUT2D eigenvalue weighted by Crippen LogP contribution is -2.28. The molecule has 0 atom stereocenters. The molecule has 0 saturated heterocycles. The minimum absolute atomic E-state index is 0.0907. The maximum absolute atomic E-state index is 12.9. The number of hydrogen-bond acceptors (Lipinski definition) is 3. The third-order valence-electron chi connectivity index (χ3n) is 4.01. The van der Waals surface area contributed by atoms with Crippen molar-refractivity contribution in [1.82, 2.24) is 0 Å². The molecule has 4 nitrogen and oxygen atoms in total. The fourth-order valence-electron chi connectivity index (χ4n) is 2.80. The summed E-state index contributed by atoms with van der Waals surface area (Å²) in [6, 6.07) is 14.1. The Morgan fingerprint density at radius 2 is 1.96 bits per heavy atom. The van der Waals surface area contributed by atoms with Crippen molar-refractivity contribution in [1.29, 1.82) is 0 Å². The van der Waals surface area contributed by atoms with Gasteiger partial charge in [-0.2, -0.15) is 0 Å². The van der Waals surface area contributed by atoms with Crippen molar-refractivity contribution in [3.8, 4) is 0 Å². The first-order valence-electron chi connectivity index (χ1n) is 7.72. The topological polar surface area (TPSA) is 50.5 Å². The fourth-order valence-corrected chi connectivity index (χ4v) is 3.41. The molecule has 1 aromatic heterocycles. The molecule has 1 amide bonds. The Balaban J connectivity index is 2.14. The number of amides is 1. The zero-order chi connectivity index (χ0) is 18.0. The average Bonchev–Trinajstić information content (AvgIpc) is 2.61. The van der Waals surface area contributed by atoms with Crippen LogP contribution in [0, 0.1) is 3.57 Å². The van der Waals surface area contributed by atoms with Gasteiger partial charge in [-0.1, -0.05) is 18.2 Å². The van der Waals surface area contributed by atoms with Crippen molar-refractivity contribution >= 4 is 45.2 Å². The van der Waals surface area contributed by atoms with Crippen LogP contribution < -0.4 is 10.5 Å². The lowest BCUT2D eigenvalue weighted by atomic mass is 10.0. The molecular formula is C20H16INO3. The maximum Gasteiger partial charge on any atom is 0.336 e. The molecule has 0 aliphatic heterocycles. The van der Waals surface area contributed by atoms with Crippen molar-refractivity contribution in [2.75, 3.05) is 11.9 Å². The molecule has 0 N–H and O–H groups in total. The van der Waals surface area contributed by atoms with E-state index < -0.39 is 5.63 Å². The van der Waals surface area contributed by atoms with Gasteiger partial charge in [-0.25, -0.2) is 4.79 Å². The maximum atomic E-state index is 12.9. The molecule has 0 aliphatic rings. The van der Waals surface area contributed by atoms with Gasteiger partial charge in [0.1, 0.15) is 5.58 Å². The number of anilines is 1. The van der Waals surface area contributed by atoms with E-state index in [1.807, 2.05) is 24.3 Å². The van der Waals surface area contributed by atoms with Crippen molar-refractivity contribution in [3.63, 3.8) is 0 Å². The van der Waals surface area contributed by atoms with E-state index in [0.29, 0.717) is 17.6 Å². The molecule has 5 heteroatoms. The van der Waals surface area contributed by atoms with Crippen molar-refractivity contribution in [2.24, 2.45) is 0 Å². The van der Waals surface area contributed by atoms with E-state index in [0.717, 1.165) is 20.2 Å². The van der Waals surface area contributed by atoms with Crippen LogP contribution in [0.2, 0.25) is 0 Å². The predicted molar refractivity (Wildman–Crippen MR) is 108 cm³/mol. The van der Waals surface area contributed by atoms with Crippen molar-refractivity contribution in [3.05, 3.63) is 86.3 Å². The Labute approximate surface area is 158 Å². The third-order valence-corrected chi connectivity index (χ3v) is 4.95. The number of carbonyl (C=O) groups is 1. The minimum atomic E-state index is -0.395. The van der Waals surface area contributed by atoms with Crippen LogP contribution in [-0.4, -0.2) is 13.0 Å². The van der Waals surface area contributed by atoms with E-state index in [2.05, 4.69) is 29.2 Å². The van der Waals surface area contributed by atoms with Gasteiger partial charge >= 0.3 is 5.63 Å². The van der Waals surface area contributed by atoms with E-state index in [9.17, 15) is 9.59 Å². The second-order valence-corrected chi connectivity index (χ2v) is 6.73. The van der Waals surface area contributed by atoms with Crippen LogP contribution in [0.5, 0.6) is 0 Å². The van der Waals surface area contributed by atoms with Crippen molar-refractivity contribution < 1.29 is 9.21 Å². The van der Waals surface area contributed by atoms with E-state index in [1.54, 1.807) is 36.2 Å². The number of fused-ring (bicyclic) bond motifs is 1. The second-order valence-electron chi connectivity index (χ2n) is 5.57. The van der Waals surface area contributed by atoms with Crippen molar-refractivity contribution in [2.45, 2.75) is 6.42 Å². The van der Waals surface area contributed by atoms with Gasteiger partial charge in [-0.3, -0.25) is 4.79 Å². The Morgan fingerprint density at radius 3 is 2.68 bits per heavy atom. The van der Waals surface area contributed by atoms with Crippen LogP contribution in [0.1, 0.15) is 15.9 Å².